The van der Waals surface area contributed by atoms with Gasteiger partial charge in [-0.05, 0) is 24.8 Å². The number of hydrogen-bond donors (Lipinski definition) is 0. The van der Waals surface area contributed by atoms with Gasteiger partial charge in [0.1, 0.15) is 6.10 Å². The van der Waals surface area contributed by atoms with Gasteiger partial charge in [0, 0.05) is 17.5 Å². The highest BCUT2D eigenvalue weighted by Crippen LogP contribution is 2.71. The molecule has 0 N–H and O–H groups in total. The lowest BCUT2D eigenvalue weighted by atomic mass is 9.73. The number of hydrogen-bond acceptors (Lipinski definition) is 6. The Balaban J connectivity index is 1.25. The van der Waals surface area contributed by atoms with Crippen LogP contribution in [0.1, 0.15) is 28.9 Å². The first-order valence-electron chi connectivity index (χ1n) is 10.7. The third kappa shape index (κ3) is 3.21. The molecule has 11 heteroatoms. The van der Waals surface area contributed by atoms with Crippen molar-refractivity contribution in [3.05, 3.63) is 66.1 Å². The van der Waals surface area contributed by atoms with Crippen LogP contribution in [0, 0.1) is 17.2 Å². The minimum absolute atomic E-state index is 0.00976. The normalized spacial score (nSPS) is 26.9. The maximum atomic E-state index is 13.6. The smallest absolute Gasteiger partial charge is 0.434 e. The molecule has 0 bridgehead atoms. The number of halogens is 4. The van der Waals surface area contributed by atoms with Crippen LogP contribution in [0.15, 0.2) is 49.1 Å². The standard InChI is InChI=1S/C23H17F4N5O2/c24-13-7-30-20(31-8-13)14-3-1-2-4-15(14)21(33)32-11-12-5-22(12)6-16(19(22)32)34-18-10-28-17(9-29-18)23(25,26)27/h1-4,7-10,12,16,19H,5-6,11H2. The number of likely N-dealkylation sites (tertiary alicyclic amines) is 1. The molecule has 34 heavy (non-hydrogen) atoms. The summed E-state index contributed by atoms with van der Waals surface area (Å²) in [5, 5.41) is 0. The van der Waals surface area contributed by atoms with E-state index < -0.39 is 23.8 Å². The molecule has 174 valence electrons. The number of aromatic nitrogens is 4. The van der Waals surface area contributed by atoms with Gasteiger partial charge in [-0.1, -0.05) is 18.2 Å². The maximum Gasteiger partial charge on any atom is 0.434 e. The fourth-order valence-corrected chi connectivity index (χ4v) is 5.40. The maximum absolute atomic E-state index is 13.6. The van der Waals surface area contributed by atoms with Crippen molar-refractivity contribution < 1.29 is 27.1 Å². The van der Waals surface area contributed by atoms with Crippen molar-refractivity contribution in [2.75, 3.05) is 6.54 Å². The average Bonchev–Trinajstić information content (AvgIpc) is 3.47. The number of nitrogens with zero attached hydrogens (tertiary/aromatic N) is 5. The number of alkyl halides is 3. The van der Waals surface area contributed by atoms with Crippen molar-refractivity contribution in [1.29, 1.82) is 0 Å². The van der Waals surface area contributed by atoms with E-state index in [4.69, 9.17) is 4.74 Å². The number of rotatable bonds is 4. The molecule has 2 saturated carbocycles. The molecule has 4 unspecified atom stereocenters. The Morgan fingerprint density at radius 2 is 1.79 bits per heavy atom. The molecule has 2 aromatic heterocycles. The van der Waals surface area contributed by atoms with Crippen LogP contribution in [0.25, 0.3) is 11.4 Å². The van der Waals surface area contributed by atoms with E-state index in [1.165, 1.54) is 0 Å². The van der Waals surface area contributed by atoms with E-state index >= 15 is 0 Å². The van der Waals surface area contributed by atoms with E-state index in [1.807, 2.05) is 0 Å². The van der Waals surface area contributed by atoms with Crippen LogP contribution in [0.4, 0.5) is 17.6 Å². The number of benzene rings is 1. The van der Waals surface area contributed by atoms with E-state index in [0.717, 1.165) is 25.0 Å². The monoisotopic (exact) mass is 471 g/mol. The Bertz CT molecular complexity index is 1270. The second-order valence-corrected chi connectivity index (χ2v) is 8.91. The van der Waals surface area contributed by atoms with Crippen molar-refractivity contribution >= 4 is 5.91 Å². The van der Waals surface area contributed by atoms with Gasteiger partial charge in [-0.2, -0.15) is 13.2 Å². The molecule has 3 aliphatic rings. The molecule has 4 atom stereocenters. The van der Waals surface area contributed by atoms with E-state index in [9.17, 15) is 22.4 Å². The van der Waals surface area contributed by atoms with Crippen molar-refractivity contribution in [3.8, 4) is 17.3 Å². The fourth-order valence-electron chi connectivity index (χ4n) is 5.40. The number of carbonyl (C=O) groups excluding carboxylic acids is 1. The molecule has 3 heterocycles. The second-order valence-electron chi connectivity index (χ2n) is 8.91. The summed E-state index contributed by atoms with van der Waals surface area (Å²) in [6, 6.07) is 6.66. The third-order valence-electron chi connectivity index (χ3n) is 7.02. The Morgan fingerprint density at radius 1 is 1.03 bits per heavy atom. The van der Waals surface area contributed by atoms with Crippen LogP contribution in [0.3, 0.4) is 0 Å². The Hall–Kier alpha value is -3.63. The number of carbonyl (C=O) groups is 1. The Morgan fingerprint density at radius 3 is 2.50 bits per heavy atom. The molecule has 6 rings (SSSR count). The fraction of sp³-hybridized carbons (Fsp3) is 0.348. The summed E-state index contributed by atoms with van der Waals surface area (Å²) in [4.78, 5) is 30.5. The van der Waals surface area contributed by atoms with Crippen LogP contribution >= 0.6 is 0 Å². The van der Waals surface area contributed by atoms with Crippen molar-refractivity contribution in [3.63, 3.8) is 0 Å². The first-order chi connectivity index (χ1) is 16.3. The van der Waals surface area contributed by atoms with Crippen LogP contribution in [-0.4, -0.2) is 49.4 Å². The Kier molecular flexibility index (Phi) is 4.42. The summed E-state index contributed by atoms with van der Waals surface area (Å²) in [6.07, 6.45) is 0.413. The zero-order valence-electron chi connectivity index (χ0n) is 17.5. The van der Waals surface area contributed by atoms with E-state index in [0.29, 0.717) is 36.2 Å². The van der Waals surface area contributed by atoms with Gasteiger partial charge in [-0.25, -0.2) is 24.3 Å². The minimum atomic E-state index is -4.58. The predicted octanol–water partition coefficient (Wildman–Crippen LogP) is 3.77. The van der Waals surface area contributed by atoms with Gasteiger partial charge >= 0.3 is 6.18 Å². The molecular weight excluding hydrogens is 454 g/mol. The van der Waals surface area contributed by atoms with Gasteiger partial charge in [-0.3, -0.25) is 4.79 Å². The van der Waals surface area contributed by atoms with E-state index in [2.05, 4.69) is 19.9 Å². The summed E-state index contributed by atoms with van der Waals surface area (Å²) in [5.74, 6) is -0.189. The minimum Gasteiger partial charge on any atom is -0.471 e. The van der Waals surface area contributed by atoms with Crippen LogP contribution in [-0.2, 0) is 6.18 Å². The summed E-state index contributed by atoms with van der Waals surface area (Å²) in [6.45, 7) is 0.570. The summed E-state index contributed by atoms with van der Waals surface area (Å²) >= 11 is 0. The summed E-state index contributed by atoms with van der Waals surface area (Å²) < 4.78 is 57.4. The topological polar surface area (TPSA) is 81.1 Å². The van der Waals surface area contributed by atoms with E-state index in [-0.39, 0.29) is 29.1 Å². The molecule has 3 fully saturated rings. The molecule has 3 aromatic rings. The molecule has 0 radical (unpaired) electrons. The highest BCUT2D eigenvalue weighted by Gasteiger charge is 2.76. The summed E-state index contributed by atoms with van der Waals surface area (Å²) in [7, 11) is 0. The number of amides is 1. The molecule has 7 nitrogen and oxygen atoms in total. The molecule has 1 aliphatic heterocycles. The molecule has 1 spiro atoms. The van der Waals surface area contributed by atoms with E-state index in [1.54, 1.807) is 29.2 Å². The van der Waals surface area contributed by atoms with Crippen molar-refractivity contribution in [2.24, 2.45) is 11.3 Å². The zero-order valence-corrected chi connectivity index (χ0v) is 17.5. The van der Waals surface area contributed by atoms with Crippen LogP contribution < -0.4 is 4.74 Å². The Labute approximate surface area is 190 Å². The molecule has 2 aliphatic carbocycles. The largest absolute Gasteiger partial charge is 0.471 e. The predicted molar refractivity (Wildman–Crippen MR) is 109 cm³/mol. The molecule has 1 amide bonds. The lowest BCUT2D eigenvalue weighted by molar-refractivity contribution is -0.141. The first kappa shape index (κ1) is 20.9. The second kappa shape index (κ2) is 7.18. The lowest BCUT2D eigenvalue weighted by Gasteiger charge is -2.47. The number of ether oxygens (including phenoxy) is 1. The zero-order chi connectivity index (χ0) is 23.7. The molecule has 1 saturated heterocycles. The highest BCUT2D eigenvalue weighted by molar-refractivity contribution is 6.00. The van der Waals surface area contributed by atoms with Gasteiger partial charge < -0.3 is 9.64 Å². The third-order valence-corrected chi connectivity index (χ3v) is 7.02. The highest BCUT2D eigenvalue weighted by atomic mass is 19.4. The van der Waals surface area contributed by atoms with Gasteiger partial charge in [0.15, 0.2) is 17.3 Å². The lowest BCUT2D eigenvalue weighted by Crippen LogP contribution is -2.59. The van der Waals surface area contributed by atoms with Crippen LogP contribution in [0.5, 0.6) is 5.88 Å². The van der Waals surface area contributed by atoms with Crippen molar-refractivity contribution in [2.45, 2.75) is 31.2 Å². The van der Waals surface area contributed by atoms with Gasteiger partial charge in [0.25, 0.3) is 5.91 Å². The van der Waals surface area contributed by atoms with Gasteiger partial charge in [0.2, 0.25) is 5.88 Å². The SMILES string of the molecule is O=C(c1ccccc1-c1ncc(F)cn1)N1CC2CC23CC(Oc2cnc(C(F)(F)F)cn2)C13. The molecular formula is C23H17F4N5O2. The van der Waals surface area contributed by atoms with Crippen LogP contribution in [0.2, 0.25) is 0 Å². The van der Waals surface area contributed by atoms with Crippen molar-refractivity contribution in [1.82, 2.24) is 24.8 Å². The van der Waals surface area contributed by atoms with Gasteiger partial charge in [0.05, 0.1) is 36.4 Å². The van der Waals surface area contributed by atoms with Gasteiger partial charge in [-0.15, -0.1) is 0 Å². The quantitative estimate of drug-likeness (QED) is 0.539. The molecule has 1 aromatic carbocycles. The first-order valence-corrected chi connectivity index (χ1v) is 10.7. The number of piperidine rings is 1. The summed E-state index contributed by atoms with van der Waals surface area (Å²) in [5.41, 5.74) is -0.219. The average molecular weight is 471 g/mol.